The van der Waals surface area contributed by atoms with E-state index in [0.717, 1.165) is 10.6 Å². The minimum atomic E-state index is -3.94. The number of nitrogens with zero attached hydrogens (tertiary/aromatic N) is 2. The molecule has 0 aromatic heterocycles. The van der Waals surface area contributed by atoms with Gasteiger partial charge < -0.3 is 10.2 Å². The first kappa shape index (κ1) is 29.5. The molecule has 0 spiro atoms. The molecule has 2 amide bonds. The quantitative estimate of drug-likeness (QED) is 0.406. The van der Waals surface area contributed by atoms with Crippen LogP contribution in [0.2, 0.25) is 20.1 Å². The third-order valence-corrected chi connectivity index (χ3v) is 7.43. The first-order chi connectivity index (χ1) is 16.2. The summed E-state index contributed by atoms with van der Waals surface area (Å²) >= 11 is 24.5. The zero-order valence-corrected chi connectivity index (χ0v) is 23.5. The standard InChI is InChI=1S/C23H27Cl4N3O4S/c1-5-20(23(32)28-14(2)3)29(12-15-6-8-17(25)19(27)10-15)22(31)13-30(35(4,33)34)21-11-16(24)7-9-18(21)26/h6-11,14,20H,5,12-13H2,1-4H3,(H,28,32)/t20-/m1/s1. The predicted molar refractivity (Wildman–Crippen MR) is 143 cm³/mol. The lowest BCUT2D eigenvalue weighted by molar-refractivity contribution is -0.140. The van der Waals surface area contributed by atoms with E-state index in [4.69, 9.17) is 46.4 Å². The molecule has 7 nitrogen and oxygen atoms in total. The molecule has 0 fully saturated rings. The SMILES string of the molecule is CC[C@H](C(=O)NC(C)C)N(Cc1ccc(Cl)c(Cl)c1)C(=O)CN(c1cc(Cl)ccc1Cl)S(C)(=O)=O. The number of anilines is 1. The molecule has 2 aromatic rings. The van der Waals surface area contributed by atoms with Crippen molar-refractivity contribution < 1.29 is 18.0 Å². The highest BCUT2D eigenvalue weighted by Gasteiger charge is 2.32. The van der Waals surface area contributed by atoms with E-state index in [1.54, 1.807) is 25.1 Å². The van der Waals surface area contributed by atoms with Crippen molar-refractivity contribution in [3.8, 4) is 0 Å². The van der Waals surface area contributed by atoms with Crippen LogP contribution in [0.4, 0.5) is 5.69 Å². The van der Waals surface area contributed by atoms with E-state index in [9.17, 15) is 18.0 Å². The van der Waals surface area contributed by atoms with Gasteiger partial charge in [0, 0.05) is 17.6 Å². The Labute approximate surface area is 226 Å². The van der Waals surface area contributed by atoms with Crippen molar-refractivity contribution >= 4 is 73.9 Å². The number of sulfonamides is 1. The third kappa shape index (κ3) is 8.15. The van der Waals surface area contributed by atoms with Gasteiger partial charge in [-0.25, -0.2) is 8.42 Å². The molecule has 192 valence electrons. The summed E-state index contributed by atoms with van der Waals surface area (Å²) in [5, 5.41) is 3.81. The normalized spacial score (nSPS) is 12.4. The molecule has 0 aliphatic heterocycles. The van der Waals surface area contributed by atoms with E-state index in [1.165, 1.54) is 23.1 Å². The molecule has 0 saturated carbocycles. The van der Waals surface area contributed by atoms with Gasteiger partial charge in [-0.1, -0.05) is 59.4 Å². The van der Waals surface area contributed by atoms with Crippen molar-refractivity contribution in [3.63, 3.8) is 0 Å². The highest BCUT2D eigenvalue weighted by atomic mass is 35.5. The van der Waals surface area contributed by atoms with Crippen LogP contribution in [0.5, 0.6) is 0 Å². The molecule has 0 radical (unpaired) electrons. The van der Waals surface area contributed by atoms with E-state index < -0.39 is 28.5 Å². The highest BCUT2D eigenvalue weighted by molar-refractivity contribution is 7.92. The van der Waals surface area contributed by atoms with Crippen molar-refractivity contribution in [1.82, 2.24) is 10.2 Å². The Hall–Kier alpha value is -1.71. The van der Waals surface area contributed by atoms with E-state index in [1.807, 2.05) is 13.8 Å². The fourth-order valence-corrected chi connectivity index (χ4v) is 5.02. The van der Waals surface area contributed by atoms with Crippen LogP contribution in [0.25, 0.3) is 0 Å². The molecule has 2 rings (SSSR count). The monoisotopic (exact) mass is 581 g/mol. The molecule has 0 unspecified atom stereocenters. The molecule has 12 heteroatoms. The van der Waals surface area contributed by atoms with Gasteiger partial charge in [-0.05, 0) is 56.2 Å². The Balaban J connectivity index is 2.51. The maximum Gasteiger partial charge on any atom is 0.244 e. The third-order valence-electron chi connectivity index (χ3n) is 5.01. The molecule has 1 atom stereocenters. The number of hydrogen-bond donors (Lipinski definition) is 1. The Morgan fingerprint density at radius 2 is 1.60 bits per heavy atom. The van der Waals surface area contributed by atoms with Gasteiger partial charge in [0.05, 0.1) is 27.0 Å². The van der Waals surface area contributed by atoms with Gasteiger partial charge in [0.25, 0.3) is 0 Å². The van der Waals surface area contributed by atoms with E-state index in [2.05, 4.69) is 5.32 Å². The average Bonchev–Trinajstić information content (AvgIpc) is 2.74. The van der Waals surface area contributed by atoms with Crippen LogP contribution in [0.15, 0.2) is 36.4 Å². The van der Waals surface area contributed by atoms with Crippen LogP contribution in [-0.2, 0) is 26.2 Å². The van der Waals surface area contributed by atoms with Crippen LogP contribution >= 0.6 is 46.4 Å². The van der Waals surface area contributed by atoms with Crippen molar-refractivity contribution in [2.75, 3.05) is 17.1 Å². The molecular formula is C23H27Cl4N3O4S. The Kier molecular flexibility index (Phi) is 10.5. The number of halogens is 4. The van der Waals surface area contributed by atoms with Gasteiger partial charge in [-0.15, -0.1) is 0 Å². The van der Waals surface area contributed by atoms with E-state index in [0.29, 0.717) is 22.0 Å². The van der Waals surface area contributed by atoms with Crippen LogP contribution in [0.3, 0.4) is 0 Å². The van der Waals surface area contributed by atoms with Crippen LogP contribution in [0.1, 0.15) is 32.8 Å². The summed E-state index contributed by atoms with van der Waals surface area (Å²) in [5.41, 5.74) is 0.680. The molecular weight excluding hydrogens is 556 g/mol. The average molecular weight is 583 g/mol. The van der Waals surface area contributed by atoms with Crippen LogP contribution in [-0.4, -0.2) is 50.0 Å². The van der Waals surface area contributed by atoms with E-state index in [-0.39, 0.29) is 34.2 Å². The lowest BCUT2D eigenvalue weighted by Crippen LogP contribution is -2.53. The van der Waals surface area contributed by atoms with Gasteiger partial charge in [-0.3, -0.25) is 13.9 Å². The second-order valence-electron chi connectivity index (χ2n) is 8.22. The summed E-state index contributed by atoms with van der Waals surface area (Å²) in [5.74, 6) is -0.967. The topological polar surface area (TPSA) is 86.8 Å². The largest absolute Gasteiger partial charge is 0.352 e. The molecule has 1 N–H and O–H groups in total. The molecule has 0 bridgehead atoms. The second kappa shape index (κ2) is 12.5. The Morgan fingerprint density at radius 3 is 2.14 bits per heavy atom. The second-order valence-corrected chi connectivity index (χ2v) is 11.8. The van der Waals surface area contributed by atoms with Gasteiger partial charge in [-0.2, -0.15) is 0 Å². The molecule has 0 heterocycles. The molecule has 2 aromatic carbocycles. The van der Waals surface area contributed by atoms with Gasteiger partial charge >= 0.3 is 0 Å². The number of hydrogen-bond acceptors (Lipinski definition) is 4. The number of rotatable bonds is 10. The number of carbonyl (C=O) groups is 2. The van der Waals surface area contributed by atoms with Crippen LogP contribution < -0.4 is 9.62 Å². The van der Waals surface area contributed by atoms with Crippen molar-refractivity contribution in [1.29, 1.82) is 0 Å². The zero-order chi connectivity index (χ0) is 26.5. The van der Waals surface area contributed by atoms with Gasteiger partial charge in [0.1, 0.15) is 12.6 Å². The number of carbonyl (C=O) groups excluding carboxylic acids is 2. The highest BCUT2D eigenvalue weighted by Crippen LogP contribution is 2.31. The summed E-state index contributed by atoms with van der Waals surface area (Å²) < 4.78 is 26.2. The number of nitrogens with one attached hydrogen (secondary N) is 1. The van der Waals surface area contributed by atoms with Crippen molar-refractivity contribution in [3.05, 3.63) is 62.1 Å². The Morgan fingerprint density at radius 1 is 0.971 bits per heavy atom. The first-order valence-electron chi connectivity index (χ1n) is 10.7. The lowest BCUT2D eigenvalue weighted by Gasteiger charge is -2.33. The number of amides is 2. The molecule has 0 aliphatic rings. The van der Waals surface area contributed by atoms with Gasteiger partial charge in [0.2, 0.25) is 21.8 Å². The summed E-state index contributed by atoms with van der Waals surface area (Å²) in [6.45, 7) is 4.79. The number of benzene rings is 2. The lowest BCUT2D eigenvalue weighted by atomic mass is 10.1. The minimum absolute atomic E-state index is 0.000619. The van der Waals surface area contributed by atoms with Crippen molar-refractivity contribution in [2.24, 2.45) is 0 Å². The summed E-state index contributed by atoms with van der Waals surface area (Å²) in [6.07, 6.45) is 1.26. The zero-order valence-electron chi connectivity index (χ0n) is 19.7. The Bertz CT molecular complexity index is 1190. The fourth-order valence-electron chi connectivity index (χ4n) is 3.41. The molecule has 35 heavy (non-hydrogen) atoms. The fraction of sp³-hybridized carbons (Fsp3) is 0.391. The molecule has 0 aliphatic carbocycles. The minimum Gasteiger partial charge on any atom is -0.352 e. The first-order valence-corrected chi connectivity index (χ1v) is 14.1. The summed E-state index contributed by atoms with van der Waals surface area (Å²) in [6, 6.07) is 8.17. The smallest absolute Gasteiger partial charge is 0.244 e. The summed E-state index contributed by atoms with van der Waals surface area (Å²) in [7, 11) is -3.94. The maximum atomic E-state index is 13.6. The van der Waals surface area contributed by atoms with E-state index >= 15 is 0 Å². The predicted octanol–water partition coefficient (Wildman–Crippen LogP) is 5.40. The summed E-state index contributed by atoms with van der Waals surface area (Å²) in [4.78, 5) is 27.9. The molecule has 0 saturated heterocycles. The van der Waals surface area contributed by atoms with Crippen molar-refractivity contribution in [2.45, 2.75) is 45.8 Å². The van der Waals surface area contributed by atoms with Gasteiger partial charge in [0.15, 0.2) is 0 Å². The maximum absolute atomic E-state index is 13.6. The van der Waals surface area contributed by atoms with Crippen LogP contribution in [0, 0.1) is 0 Å².